The van der Waals surface area contributed by atoms with Crippen LogP contribution in [-0.4, -0.2) is 11.5 Å². The maximum absolute atomic E-state index is 9.51. The van der Waals surface area contributed by atoms with E-state index >= 15 is 0 Å². The number of hydrogen-bond acceptors (Lipinski definition) is 3. The standard InChI is InChI=1S/C25H21N3/c26-17-21-18-28-24-14-8-7-13-23(24)25(21)27-16-15-22(19-9-3-1-4-10-19)20-11-5-2-6-12-20/h1-14,18,22H,15-16H2,(H,27,28). The first kappa shape index (κ1) is 17.8. The molecule has 3 aromatic carbocycles. The summed E-state index contributed by atoms with van der Waals surface area (Å²) in [5, 5.41) is 14.0. The number of para-hydroxylation sites is 1. The van der Waals surface area contributed by atoms with Crippen molar-refractivity contribution in [1.82, 2.24) is 4.98 Å². The fourth-order valence-corrected chi connectivity index (χ4v) is 3.65. The second-order valence-corrected chi connectivity index (χ2v) is 6.77. The summed E-state index contributed by atoms with van der Waals surface area (Å²) in [6, 6.07) is 31.4. The van der Waals surface area contributed by atoms with E-state index in [1.54, 1.807) is 6.20 Å². The topological polar surface area (TPSA) is 48.7 Å². The van der Waals surface area contributed by atoms with Crippen molar-refractivity contribution in [1.29, 1.82) is 5.26 Å². The molecule has 0 fully saturated rings. The molecule has 0 amide bonds. The molecule has 28 heavy (non-hydrogen) atoms. The second kappa shape index (κ2) is 8.37. The van der Waals surface area contributed by atoms with E-state index in [4.69, 9.17) is 0 Å². The monoisotopic (exact) mass is 363 g/mol. The molecule has 3 nitrogen and oxygen atoms in total. The molecule has 136 valence electrons. The number of nitriles is 1. The molecule has 0 saturated carbocycles. The van der Waals surface area contributed by atoms with Crippen LogP contribution in [0.15, 0.2) is 91.1 Å². The number of rotatable bonds is 6. The Bertz CT molecular complexity index is 1060. The molecular formula is C25H21N3. The number of hydrogen-bond donors (Lipinski definition) is 1. The van der Waals surface area contributed by atoms with E-state index < -0.39 is 0 Å². The highest BCUT2D eigenvalue weighted by atomic mass is 14.9. The van der Waals surface area contributed by atoms with Gasteiger partial charge >= 0.3 is 0 Å². The summed E-state index contributed by atoms with van der Waals surface area (Å²) in [5.41, 5.74) is 4.94. The van der Waals surface area contributed by atoms with Crippen LogP contribution < -0.4 is 5.32 Å². The fourth-order valence-electron chi connectivity index (χ4n) is 3.65. The van der Waals surface area contributed by atoms with E-state index in [2.05, 4.69) is 64.9 Å². The second-order valence-electron chi connectivity index (χ2n) is 6.77. The highest BCUT2D eigenvalue weighted by Crippen LogP contribution is 2.29. The molecule has 1 aromatic heterocycles. The number of benzene rings is 3. The minimum absolute atomic E-state index is 0.300. The van der Waals surface area contributed by atoms with Crippen LogP contribution in [0.4, 0.5) is 5.69 Å². The zero-order valence-electron chi connectivity index (χ0n) is 15.5. The molecule has 4 aromatic rings. The van der Waals surface area contributed by atoms with Crippen LogP contribution >= 0.6 is 0 Å². The first-order valence-electron chi connectivity index (χ1n) is 9.48. The summed E-state index contributed by atoms with van der Waals surface area (Å²) in [6.07, 6.45) is 2.58. The lowest BCUT2D eigenvalue weighted by molar-refractivity contribution is 0.745. The first-order valence-corrected chi connectivity index (χ1v) is 9.48. The van der Waals surface area contributed by atoms with Crippen molar-refractivity contribution in [2.45, 2.75) is 12.3 Å². The van der Waals surface area contributed by atoms with Gasteiger partial charge in [-0.1, -0.05) is 78.9 Å². The molecule has 0 aliphatic rings. The normalized spacial score (nSPS) is 10.7. The third-order valence-corrected chi connectivity index (χ3v) is 5.03. The third kappa shape index (κ3) is 3.72. The minimum atomic E-state index is 0.300. The lowest BCUT2D eigenvalue weighted by Gasteiger charge is -2.19. The third-order valence-electron chi connectivity index (χ3n) is 5.03. The summed E-state index contributed by atoms with van der Waals surface area (Å²) in [5.74, 6) is 0.300. The first-order chi connectivity index (χ1) is 13.9. The van der Waals surface area contributed by atoms with E-state index in [9.17, 15) is 5.26 Å². The minimum Gasteiger partial charge on any atom is -0.383 e. The lowest BCUT2D eigenvalue weighted by Crippen LogP contribution is -2.10. The Labute approximate surface area is 165 Å². The Balaban J connectivity index is 1.60. The molecule has 0 unspecified atom stereocenters. The van der Waals surface area contributed by atoms with Crippen molar-refractivity contribution < 1.29 is 0 Å². The largest absolute Gasteiger partial charge is 0.383 e. The van der Waals surface area contributed by atoms with Crippen LogP contribution in [0, 0.1) is 11.3 Å². The summed E-state index contributed by atoms with van der Waals surface area (Å²) < 4.78 is 0. The Morgan fingerprint density at radius 3 is 2.07 bits per heavy atom. The fraction of sp³-hybridized carbons (Fsp3) is 0.120. The number of aromatic nitrogens is 1. The molecule has 1 N–H and O–H groups in total. The van der Waals surface area contributed by atoms with Crippen molar-refractivity contribution >= 4 is 16.6 Å². The Hall–Kier alpha value is -3.64. The predicted molar refractivity (Wildman–Crippen MR) is 114 cm³/mol. The van der Waals surface area contributed by atoms with Gasteiger partial charge in [0.15, 0.2) is 0 Å². The molecule has 0 saturated heterocycles. The van der Waals surface area contributed by atoms with Crippen LogP contribution in [0.1, 0.15) is 29.0 Å². The number of fused-ring (bicyclic) bond motifs is 1. The van der Waals surface area contributed by atoms with E-state index in [-0.39, 0.29) is 0 Å². The smallest absolute Gasteiger partial charge is 0.103 e. The number of pyridine rings is 1. The van der Waals surface area contributed by atoms with Gasteiger partial charge in [-0.25, -0.2) is 0 Å². The Morgan fingerprint density at radius 2 is 1.43 bits per heavy atom. The molecule has 0 spiro atoms. The van der Waals surface area contributed by atoms with E-state index in [1.165, 1.54) is 11.1 Å². The van der Waals surface area contributed by atoms with Crippen LogP contribution in [-0.2, 0) is 0 Å². The van der Waals surface area contributed by atoms with Crippen molar-refractivity contribution in [2.24, 2.45) is 0 Å². The molecule has 0 radical (unpaired) electrons. The maximum Gasteiger partial charge on any atom is 0.103 e. The van der Waals surface area contributed by atoms with Gasteiger partial charge in [-0.05, 0) is 23.6 Å². The molecule has 0 atom stereocenters. The summed E-state index contributed by atoms with van der Waals surface area (Å²) in [4.78, 5) is 4.39. The van der Waals surface area contributed by atoms with Gasteiger partial charge in [0.1, 0.15) is 6.07 Å². The molecule has 1 heterocycles. The summed E-state index contributed by atoms with van der Waals surface area (Å²) in [7, 11) is 0. The van der Waals surface area contributed by atoms with Gasteiger partial charge in [-0.2, -0.15) is 5.26 Å². The van der Waals surface area contributed by atoms with Gasteiger partial charge in [0, 0.05) is 24.0 Å². The van der Waals surface area contributed by atoms with E-state index in [1.807, 2.05) is 36.4 Å². The van der Waals surface area contributed by atoms with Gasteiger partial charge < -0.3 is 5.32 Å². The zero-order valence-corrected chi connectivity index (χ0v) is 15.5. The summed E-state index contributed by atoms with van der Waals surface area (Å²) in [6.45, 7) is 0.761. The number of nitrogens with zero attached hydrogens (tertiary/aromatic N) is 2. The van der Waals surface area contributed by atoms with Gasteiger partial charge in [0.25, 0.3) is 0 Å². The highest BCUT2D eigenvalue weighted by molar-refractivity contribution is 5.93. The van der Waals surface area contributed by atoms with Crippen LogP contribution in [0.25, 0.3) is 10.9 Å². The predicted octanol–water partition coefficient (Wildman–Crippen LogP) is 5.74. The molecule has 3 heteroatoms. The molecule has 0 aliphatic heterocycles. The Kier molecular flexibility index (Phi) is 5.31. The van der Waals surface area contributed by atoms with Crippen molar-refractivity contribution in [3.8, 4) is 6.07 Å². The van der Waals surface area contributed by atoms with Gasteiger partial charge in [0.2, 0.25) is 0 Å². The average Bonchev–Trinajstić information content (AvgIpc) is 2.78. The van der Waals surface area contributed by atoms with Gasteiger partial charge in [0.05, 0.1) is 16.8 Å². The van der Waals surface area contributed by atoms with Crippen molar-refractivity contribution in [3.63, 3.8) is 0 Å². The van der Waals surface area contributed by atoms with E-state index in [0.717, 1.165) is 29.6 Å². The maximum atomic E-state index is 9.51. The Morgan fingerprint density at radius 1 is 0.821 bits per heavy atom. The van der Waals surface area contributed by atoms with Gasteiger partial charge in [-0.15, -0.1) is 0 Å². The molecule has 0 aliphatic carbocycles. The SMILES string of the molecule is N#Cc1cnc2ccccc2c1NCCC(c1ccccc1)c1ccccc1. The molecular weight excluding hydrogens is 342 g/mol. The van der Waals surface area contributed by atoms with Crippen molar-refractivity contribution in [2.75, 3.05) is 11.9 Å². The van der Waals surface area contributed by atoms with Crippen LogP contribution in [0.3, 0.4) is 0 Å². The molecule has 4 rings (SSSR count). The number of anilines is 1. The van der Waals surface area contributed by atoms with E-state index in [0.29, 0.717) is 11.5 Å². The van der Waals surface area contributed by atoms with Crippen LogP contribution in [0.5, 0.6) is 0 Å². The lowest BCUT2D eigenvalue weighted by atomic mass is 9.88. The van der Waals surface area contributed by atoms with Crippen molar-refractivity contribution in [3.05, 3.63) is 108 Å². The van der Waals surface area contributed by atoms with Crippen LogP contribution in [0.2, 0.25) is 0 Å². The number of nitrogens with one attached hydrogen (secondary N) is 1. The quantitative estimate of drug-likeness (QED) is 0.475. The average molecular weight is 363 g/mol. The molecule has 0 bridgehead atoms. The highest BCUT2D eigenvalue weighted by Gasteiger charge is 2.14. The zero-order chi connectivity index (χ0) is 19.2. The van der Waals surface area contributed by atoms with Gasteiger partial charge in [-0.3, -0.25) is 4.98 Å². The summed E-state index contributed by atoms with van der Waals surface area (Å²) >= 11 is 0.